The van der Waals surface area contributed by atoms with Crippen LogP contribution in [0.15, 0.2) is 53.7 Å². The zero-order valence-corrected chi connectivity index (χ0v) is 14.5. The summed E-state index contributed by atoms with van der Waals surface area (Å²) in [4.78, 5) is 24.8. The van der Waals surface area contributed by atoms with Gasteiger partial charge in [-0.3, -0.25) is 9.78 Å². The Balaban J connectivity index is 2.09. The molecule has 1 aromatic carbocycles. The van der Waals surface area contributed by atoms with Gasteiger partial charge in [0.1, 0.15) is 5.69 Å². The third-order valence-corrected chi connectivity index (χ3v) is 3.29. The van der Waals surface area contributed by atoms with Crippen LogP contribution < -0.4 is 5.32 Å². The number of pyridine rings is 1. The molecule has 0 aliphatic heterocycles. The van der Waals surface area contributed by atoms with Crippen molar-refractivity contribution in [1.82, 2.24) is 14.8 Å². The number of amides is 1. The molecule has 0 aliphatic carbocycles. The molecular weight excluding hydrogens is 302 g/mol. The van der Waals surface area contributed by atoms with Gasteiger partial charge in [-0.2, -0.15) is 0 Å². The van der Waals surface area contributed by atoms with E-state index in [1.54, 1.807) is 24.4 Å². The van der Waals surface area contributed by atoms with Gasteiger partial charge in [-0.25, -0.2) is 4.99 Å². The fourth-order valence-corrected chi connectivity index (χ4v) is 2.28. The van der Waals surface area contributed by atoms with E-state index >= 15 is 0 Å². The molecule has 0 unspecified atom stereocenters. The van der Waals surface area contributed by atoms with Gasteiger partial charge in [0.25, 0.3) is 5.91 Å². The van der Waals surface area contributed by atoms with Crippen molar-refractivity contribution in [2.45, 2.75) is 6.54 Å². The maximum absolute atomic E-state index is 12.2. The number of aliphatic imine (C=N–C) groups is 1. The quantitative estimate of drug-likeness (QED) is 0.692. The number of aromatic nitrogens is 1. The van der Waals surface area contributed by atoms with E-state index in [9.17, 15) is 4.79 Å². The first-order valence-electron chi connectivity index (χ1n) is 7.68. The van der Waals surface area contributed by atoms with E-state index in [0.29, 0.717) is 12.2 Å². The van der Waals surface area contributed by atoms with Crippen molar-refractivity contribution in [2.75, 3.05) is 33.5 Å². The summed E-state index contributed by atoms with van der Waals surface area (Å²) >= 11 is 0. The largest absolute Gasteiger partial charge is 0.349 e. The van der Waals surface area contributed by atoms with Gasteiger partial charge in [0.2, 0.25) is 0 Å². The normalized spacial score (nSPS) is 10.0. The van der Waals surface area contributed by atoms with E-state index in [-0.39, 0.29) is 5.91 Å². The summed E-state index contributed by atoms with van der Waals surface area (Å²) in [6.45, 7) is 0.541. The summed E-state index contributed by atoms with van der Waals surface area (Å²) in [6.07, 6.45) is 1.60. The van der Waals surface area contributed by atoms with E-state index < -0.39 is 0 Å². The van der Waals surface area contributed by atoms with Crippen LogP contribution in [0.3, 0.4) is 0 Å². The van der Waals surface area contributed by atoms with Crippen LogP contribution >= 0.6 is 0 Å². The number of guanidine groups is 1. The number of benzene rings is 1. The Labute approximate surface area is 142 Å². The number of carbonyl (C=O) groups is 1. The minimum atomic E-state index is -0.224. The third kappa shape index (κ3) is 4.81. The number of rotatable bonds is 4. The summed E-state index contributed by atoms with van der Waals surface area (Å²) in [5, 5.41) is 2.86. The van der Waals surface area contributed by atoms with Gasteiger partial charge in [-0.1, -0.05) is 18.2 Å². The van der Waals surface area contributed by atoms with Crippen molar-refractivity contribution in [3.05, 3.63) is 59.9 Å². The average Bonchev–Trinajstić information content (AvgIpc) is 2.55. The highest BCUT2D eigenvalue weighted by Crippen LogP contribution is 2.13. The lowest BCUT2D eigenvalue weighted by Gasteiger charge is -2.22. The molecule has 6 heteroatoms. The first kappa shape index (κ1) is 17.5. The van der Waals surface area contributed by atoms with Crippen LogP contribution in [0.25, 0.3) is 0 Å². The number of nitrogens with zero attached hydrogens (tertiary/aromatic N) is 4. The summed E-state index contributed by atoms with van der Waals surface area (Å²) in [5.41, 5.74) is 2.15. The van der Waals surface area contributed by atoms with E-state index in [0.717, 1.165) is 17.2 Å². The van der Waals surface area contributed by atoms with Crippen molar-refractivity contribution in [1.29, 1.82) is 0 Å². The van der Waals surface area contributed by atoms with Crippen molar-refractivity contribution < 1.29 is 4.79 Å². The zero-order chi connectivity index (χ0) is 17.5. The SMILES string of the molecule is CN(C)C(=NCc1cccc(NC(=O)c2ccccn2)c1)N(C)C. The van der Waals surface area contributed by atoms with Gasteiger partial charge in [-0.05, 0) is 29.8 Å². The molecule has 0 saturated carbocycles. The predicted molar refractivity (Wildman–Crippen MR) is 97.1 cm³/mol. The van der Waals surface area contributed by atoms with Crippen molar-refractivity contribution in [2.24, 2.45) is 4.99 Å². The minimum absolute atomic E-state index is 0.224. The molecule has 126 valence electrons. The molecule has 24 heavy (non-hydrogen) atoms. The van der Waals surface area contributed by atoms with Crippen LogP contribution in [0.4, 0.5) is 5.69 Å². The topological polar surface area (TPSA) is 60.8 Å². The molecule has 0 fully saturated rings. The lowest BCUT2D eigenvalue weighted by molar-refractivity contribution is 0.102. The minimum Gasteiger partial charge on any atom is -0.349 e. The first-order valence-corrected chi connectivity index (χ1v) is 7.68. The number of anilines is 1. The Morgan fingerprint density at radius 2 is 1.83 bits per heavy atom. The van der Waals surface area contributed by atoms with Crippen LogP contribution in [0.5, 0.6) is 0 Å². The number of hydrogen-bond acceptors (Lipinski definition) is 3. The Hall–Kier alpha value is -2.89. The van der Waals surface area contributed by atoms with Gasteiger partial charge < -0.3 is 15.1 Å². The van der Waals surface area contributed by atoms with Gasteiger partial charge in [0.15, 0.2) is 5.96 Å². The van der Waals surface area contributed by atoms with Crippen LogP contribution in [0.1, 0.15) is 16.1 Å². The Morgan fingerprint density at radius 1 is 1.08 bits per heavy atom. The van der Waals surface area contributed by atoms with Crippen LogP contribution in [0.2, 0.25) is 0 Å². The van der Waals surface area contributed by atoms with Crippen molar-refractivity contribution >= 4 is 17.6 Å². The second-order valence-corrected chi connectivity index (χ2v) is 5.77. The third-order valence-electron chi connectivity index (χ3n) is 3.29. The fourth-order valence-electron chi connectivity index (χ4n) is 2.28. The lowest BCUT2D eigenvalue weighted by atomic mass is 10.2. The van der Waals surface area contributed by atoms with Gasteiger partial charge in [0.05, 0.1) is 6.54 Å². The standard InChI is InChI=1S/C18H23N5O/c1-22(2)18(23(3)4)20-13-14-8-7-9-15(12-14)21-17(24)16-10-5-6-11-19-16/h5-12H,13H2,1-4H3,(H,21,24). The van der Waals surface area contributed by atoms with E-state index in [2.05, 4.69) is 15.3 Å². The second-order valence-electron chi connectivity index (χ2n) is 5.77. The monoisotopic (exact) mass is 325 g/mol. The van der Waals surface area contributed by atoms with Gasteiger partial charge in [-0.15, -0.1) is 0 Å². The Morgan fingerprint density at radius 3 is 2.46 bits per heavy atom. The second kappa shape index (κ2) is 8.10. The molecule has 2 rings (SSSR count). The highest BCUT2D eigenvalue weighted by molar-refractivity contribution is 6.02. The van der Waals surface area contributed by atoms with Crippen LogP contribution in [-0.4, -0.2) is 54.8 Å². The Kier molecular flexibility index (Phi) is 5.89. The Bertz CT molecular complexity index is 700. The molecule has 0 aliphatic rings. The molecule has 0 atom stereocenters. The molecule has 2 aromatic rings. The number of nitrogens with one attached hydrogen (secondary N) is 1. The molecular formula is C18H23N5O. The molecule has 0 saturated heterocycles. The molecule has 0 bridgehead atoms. The highest BCUT2D eigenvalue weighted by atomic mass is 16.1. The lowest BCUT2D eigenvalue weighted by Crippen LogP contribution is -2.35. The summed E-state index contributed by atoms with van der Waals surface area (Å²) < 4.78 is 0. The molecule has 6 nitrogen and oxygen atoms in total. The fraction of sp³-hybridized carbons (Fsp3) is 0.278. The van der Waals surface area contributed by atoms with E-state index in [1.807, 2.05) is 62.3 Å². The first-order chi connectivity index (χ1) is 11.5. The summed E-state index contributed by atoms with van der Waals surface area (Å²) in [5.74, 6) is 0.663. The van der Waals surface area contributed by atoms with Crippen molar-refractivity contribution in [3.8, 4) is 0 Å². The molecule has 0 spiro atoms. The highest BCUT2D eigenvalue weighted by Gasteiger charge is 2.07. The van der Waals surface area contributed by atoms with Gasteiger partial charge >= 0.3 is 0 Å². The van der Waals surface area contributed by atoms with Crippen LogP contribution in [-0.2, 0) is 6.54 Å². The summed E-state index contributed by atoms with van der Waals surface area (Å²) in [6, 6.07) is 12.9. The molecule has 0 radical (unpaired) electrons. The average molecular weight is 325 g/mol. The zero-order valence-electron chi connectivity index (χ0n) is 14.5. The molecule has 1 N–H and O–H groups in total. The van der Waals surface area contributed by atoms with Gasteiger partial charge in [0, 0.05) is 40.1 Å². The molecule has 1 aromatic heterocycles. The maximum atomic E-state index is 12.2. The van der Waals surface area contributed by atoms with Crippen molar-refractivity contribution in [3.63, 3.8) is 0 Å². The molecule has 1 amide bonds. The van der Waals surface area contributed by atoms with E-state index in [1.165, 1.54) is 0 Å². The smallest absolute Gasteiger partial charge is 0.274 e. The van der Waals surface area contributed by atoms with E-state index in [4.69, 9.17) is 0 Å². The summed E-state index contributed by atoms with van der Waals surface area (Å²) in [7, 11) is 7.84. The number of carbonyl (C=O) groups excluding carboxylic acids is 1. The maximum Gasteiger partial charge on any atom is 0.274 e. The predicted octanol–water partition coefficient (Wildman–Crippen LogP) is 2.31. The van der Waals surface area contributed by atoms with Crippen LogP contribution in [0, 0.1) is 0 Å². The number of hydrogen-bond donors (Lipinski definition) is 1. The molecule has 1 heterocycles.